The first kappa shape index (κ1) is 28.6. The smallest absolute Gasteiger partial charge is 0.226 e. The minimum Gasteiger partial charge on any atom is -0.495 e. The number of hydrogen-bond acceptors (Lipinski definition) is 4. The van der Waals surface area contributed by atoms with Crippen molar-refractivity contribution in [3.8, 4) is 11.4 Å². The number of anilines is 1. The molecular weight excluding hydrogens is 554 g/mol. The summed E-state index contributed by atoms with van der Waals surface area (Å²) in [5.41, 5.74) is 6.86. The summed E-state index contributed by atoms with van der Waals surface area (Å²) in [6, 6.07) is 21.2. The summed E-state index contributed by atoms with van der Waals surface area (Å²) in [5.74, 6) is 0.674. The van der Waals surface area contributed by atoms with Crippen LogP contribution in [0.2, 0.25) is 5.02 Å². The zero-order valence-corrected chi connectivity index (χ0v) is 25.2. The van der Waals surface area contributed by atoms with E-state index in [2.05, 4.69) is 51.9 Å². The van der Waals surface area contributed by atoms with Crippen molar-refractivity contribution in [1.29, 1.82) is 0 Å². The Balaban J connectivity index is 1.50. The van der Waals surface area contributed by atoms with Gasteiger partial charge in [0.1, 0.15) is 5.75 Å². The Morgan fingerprint density at radius 3 is 2.63 bits per heavy atom. The van der Waals surface area contributed by atoms with Gasteiger partial charge in [0.2, 0.25) is 5.91 Å². The van der Waals surface area contributed by atoms with E-state index in [0.717, 1.165) is 51.8 Å². The van der Waals surface area contributed by atoms with Gasteiger partial charge in [0.15, 0.2) is 5.11 Å². The molecule has 1 saturated heterocycles. The molecule has 5 rings (SSSR count). The molecule has 0 unspecified atom stereocenters. The first-order valence-electron chi connectivity index (χ1n) is 13.7. The molecule has 1 aliphatic rings. The highest BCUT2D eigenvalue weighted by atomic mass is 35.5. The number of para-hydroxylation sites is 1. The molecule has 0 spiro atoms. The van der Waals surface area contributed by atoms with Gasteiger partial charge in [-0.3, -0.25) is 9.78 Å². The second-order valence-electron chi connectivity index (χ2n) is 10.1. The molecule has 41 heavy (non-hydrogen) atoms. The first-order valence-corrected chi connectivity index (χ1v) is 14.5. The Labute approximate surface area is 251 Å². The zero-order valence-electron chi connectivity index (χ0n) is 23.6. The molecule has 1 amide bonds. The minimum atomic E-state index is -0.192. The van der Waals surface area contributed by atoms with Crippen LogP contribution in [-0.2, 0) is 11.2 Å². The molecule has 212 valence electrons. The van der Waals surface area contributed by atoms with Gasteiger partial charge >= 0.3 is 0 Å². The van der Waals surface area contributed by atoms with Gasteiger partial charge in [-0.25, -0.2) is 0 Å². The van der Waals surface area contributed by atoms with Gasteiger partial charge < -0.3 is 24.8 Å². The number of carbonyl (C=O) groups excluding carboxylic acids is 1. The van der Waals surface area contributed by atoms with Crippen molar-refractivity contribution < 1.29 is 9.53 Å². The largest absolute Gasteiger partial charge is 0.495 e. The van der Waals surface area contributed by atoms with E-state index in [4.69, 9.17) is 28.6 Å². The third-order valence-corrected chi connectivity index (χ3v) is 8.21. The molecule has 4 aromatic rings. The van der Waals surface area contributed by atoms with Crippen LogP contribution in [0.15, 0.2) is 72.9 Å². The van der Waals surface area contributed by atoms with Crippen LogP contribution in [0.3, 0.4) is 0 Å². The fraction of sp³-hybridized carbons (Fsp3) is 0.281. The Bertz CT molecular complexity index is 1570. The van der Waals surface area contributed by atoms with E-state index in [-0.39, 0.29) is 24.4 Å². The van der Waals surface area contributed by atoms with Gasteiger partial charge in [0.25, 0.3) is 0 Å². The quantitative estimate of drug-likeness (QED) is 0.212. The van der Waals surface area contributed by atoms with E-state index >= 15 is 0 Å². The summed E-state index contributed by atoms with van der Waals surface area (Å²) in [5, 5.41) is 7.81. The summed E-state index contributed by atoms with van der Waals surface area (Å²) in [7, 11) is 1.66. The van der Waals surface area contributed by atoms with Crippen LogP contribution in [0, 0.1) is 13.8 Å². The highest BCUT2D eigenvalue weighted by molar-refractivity contribution is 7.80. The van der Waals surface area contributed by atoms with Crippen molar-refractivity contribution in [2.24, 2.45) is 0 Å². The van der Waals surface area contributed by atoms with Gasteiger partial charge in [-0.2, -0.15) is 0 Å². The summed E-state index contributed by atoms with van der Waals surface area (Å²) in [4.78, 5) is 19.9. The van der Waals surface area contributed by atoms with Crippen LogP contribution in [-0.4, -0.2) is 39.1 Å². The molecule has 0 aliphatic carbocycles. The first-order chi connectivity index (χ1) is 19.8. The number of aromatic nitrogens is 2. The van der Waals surface area contributed by atoms with Crippen molar-refractivity contribution >= 4 is 40.5 Å². The topological polar surface area (TPSA) is 71.4 Å². The van der Waals surface area contributed by atoms with Crippen molar-refractivity contribution in [3.63, 3.8) is 0 Å². The number of ether oxygens (including phenoxy) is 1. The monoisotopic (exact) mass is 587 g/mol. The number of pyridine rings is 1. The lowest BCUT2D eigenvalue weighted by molar-refractivity contribution is -0.116. The molecule has 3 heterocycles. The molecule has 0 bridgehead atoms. The Morgan fingerprint density at radius 1 is 1.12 bits per heavy atom. The number of aryl methyl sites for hydroxylation is 2. The van der Waals surface area contributed by atoms with E-state index in [1.807, 2.05) is 60.7 Å². The van der Waals surface area contributed by atoms with Crippen molar-refractivity contribution in [1.82, 2.24) is 19.8 Å². The number of benzene rings is 2. The number of hydrogen-bond donors (Lipinski definition) is 2. The van der Waals surface area contributed by atoms with Crippen molar-refractivity contribution in [3.05, 3.63) is 106 Å². The fourth-order valence-corrected chi connectivity index (χ4v) is 6.16. The molecule has 2 aromatic heterocycles. The van der Waals surface area contributed by atoms with Crippen LogP contribution in [0.5, 0.6) is 5.75 Å². The summed E-state index contributed by atoms with van der Waals surface area (Å²) < 4.78 is 7.84. The maximum absolute atomic E-state index is 13.1. The number of halogens is 1. The number of methoxy groups -OCH3 is 1. The van der Waals surface area contributed by atoms with Crippen LogP contribution >= 0.6 is 23.8 Å². The number of nitrogens with one attached hydrogen (secondary N) is 2. The molecule has 1 fully saturated rings. The standard InChI is InChI=1S/C32H34ClN5O2S/c1-5-22-10-6-7-11-25(22)35-29(39)15-17-37-31(30(36-32(37)41)26-12-8-9-16-34-26)24-18-20(2)38(21(24)3)27-19-23(33)13-14-28(27)40-4/h6-14,16,18-19,30-31H,5,15,17H2,1-4H3,(H,35,39)(H,36,41)/t30-,31+/m1/s1. The molecule has 9 heteroatoms. The molecular formula is C32H34ClN5O2S. The van der Waals surface area contributed by atoms with Crippen LogP contribution in [0.1, 0.15) is 53.6 Å². The third kappa shape index (κ3) is 5.80. The number of rotatable bonds is 9. The molecule has 0 radical (unpaired) electrons. The highest BCUT2D eigenvalue weighted by Gasteiger charge is 2.41. The Kier molecular flexibility index (Phi) is 8.61. The molecule has 2 N–H and O–H groups in total. The van der Waals surface area contributed by atoms with E-state index in [1.54, 1.807) is 13.3 Å². The molecule has 2 atom stereocenters. The summed E-state index contributed by atoms with van der Waals surface area (Å²) in [6.45, 7) is 6.68. The van der Waals surface area contributed by atoms with Crippen LogP contribution < -0.4 is 15.4 Å². The Morgan fingerprint density at radius 2 is 1.90 bits per heavy atom. The predicted octanol–water partition coefficient (Wildman–Crippen LogP) is 6.71. The van der Waals surface area contributed by atoms with Crippen molar-refractivity contribution in [2.75, 3.05) is 19.0 Å². The van der Waals surface area contributed by atoms with Crippen molar-refractivity contribution in [2.45, 2.75) is 45.7 Å². The third-order valence-electron chi connectivity index (χ3n) is 7.62. The lowest BCUT2D eigenvalue weighted by Gasteiger charge is -2.28. The molecule has 2 aromatic carbocycles. The fourth-order valence-electron chi connectivity index (χ4n) is 5.67. The SMILES string of the molecule is CCc1ccccc1NC(=O)CCN1C(=S)N[C@H](c2ccccn2)[C@@H]1c1cc(C)n(-c2cc(Cl)ccc2OC)c1C. The predicted molar refractivity (Wildman–Crippen MR) is 168 cm³/mol. The number of carbonyl (C=O) groups is 1. The van der Waals surface area contributed by atoms with Gasteiger partial charge in [-0.05, 0) is 86.1 Å². The molecule has 0 saturated carbocycles. The number of thiocarbonyl (C=S) groups is 1. The lowest BCUT2D eigenvalue weighted by Crippen LogP contribution is -2.33. The maximum atomic E-state index is 13.1. The molecule has 1 aliphatic heterocycles. The summed E-state index contributed by atoms with van der Waals surface area (Å²) >= 11 is 12.3. The van der Waals surface area contributed by atoms with Gasteiger partial charge in [-0.1, -0.05) is 42.8 Å². The number of amides is 1. The van der Waals surface area contributed by atoms with Gasteiger partial charge in [0.05, 0.1) is 30.6 Å². The average Bonchev–Trinajstić information content (AvgIpc) is 3.46. The Hall–Kier alpha value is -3.88. The maximum Gasteiger partial charge on any atom is 0.226 e. The molecule has 7 nitrogen and oxygen atoms in total. The normalized spacial score (nSPS) is 16.5. The van der Waals surface area contributed by atoms with E-state index in [9.17, 15) is 4.79 Å². The van der Waals surface area contributed by atoms with E-state index < -0.39 is 0 Å². The minimum absolute atomic E-state index is 0.0529. The second kappa shape index (κ2) is 12.3. The van der Waals surface area contributed by atoms with Gasteiger partial charge in [-0.15, -0.1) is 0 Å². The highest BCUT2D eigenvalue weighted by Crippen LogP contribution is 2.42. The average molecular weight is 588 g/mol. The lowest BCUT2D eigenvalue weighted by atomic mass is 9.96. The van der Waals surface area contributed by atoms with Crippen LogP contribution in [0.4, 0.5) is 5.69 Å². The van der Waals surface area contributed by atoms with E-state index in [1.165, 1.54) is 0 Å². The van der Waals surface area contributed by atoms with Crippen LogP contribution in [0.25, 0.3) is 5.69 Å². The second-order valence-corrected chi connectivity index (χ2v) is 10.9. The number of nitrogens with zero attached hydrogens (tertiary/aromatic N) is 3. The summed E-state index contributed by atoms with van der Waals surface area (Å²) in [6.07, 6.45) is 2.92. The zero-order chi connectivity index (χ0) is 29.1. The van der Waals surface area contributed by atoms with Gasteiger partial charge in [0, 0.05) is 41.3 Å². The van der Waals surface area contributed by atoms with E-state index in [0.29, 0.717) is 16.7 Å².